The van der Waals surface area contributed by atoms with Crippen molar-refractivity contribution in [3.8, 4) is 22.4 Å². The van der Waals surface area contributed by atoms with Gasteiger partial charge < -0.3 is 4.42 Å². The third-order valence-corrected chi connectivity index (χ3v) is 7.67. The molecule has 0 amide bonds. The number of pyridine rings is 2. The average molecular weight is 524 g/mol. The Hall–Kier alpha value is -4.50. The van der Waals surface area contributed by atoms with Crippen molar-refractivity contribution in [1.82, 2.24) is 4.98 Å². The molecule has 0 fully saturated rings. The SMILES string of the molecule is [2H]C([2H])(c1ccc(-c2cc[n+](C)c(-c3c(C)ccc4c3oc3nc5c(ccc6ccccc65)cc34)c2)cc1)C(C)(C)C. The molecule has 3 heteroatoms. The Bertz CT molecular complexity index is 2170. The van der Waals surface area contributed by atoms with Crippen LogP contribution in [0.2, 0.25) is 0 Å². The minimum atomic E-state index is -1.43. The molecule has 4 aromatic carbocycles. The van der Waals surface area contributed by atoms with Gasteiger partial charge in [-0.05, 0) is 52.4 Å². The van der Waals surface area contributed by atoms with Crippen LogP contribution in [0.4, 0.5) is 0 Å². The molecule has 40 heavy (non-hydrogen) atoms. The van der Waals surface area contributed by atoms with Crippen LogP contribution < -0.4 is 4.57 Å². The number of benzene rings is 4. The van der Waals surface area contributed by atoms with E-state index in [2.05, 4.69) is 91.5 Å². The summed E-state index contributed by atoms with van der Waals surface area (Å²) in [6, 6.07) is 31.3. The van der Waals surface area contributed by atoms with Gasteiger partial charge in [-0.2, -0.15) is 0 Å². The Morgan fingerprint density at radius 2 is 1.57 bits per heavy atom. The zero-order valence-electron chi connectivity index (χ0n) is 25.5. The summed E-state index contributed by atoms with van der Waals surface area (Å²) >= 11 is 0. The largest absolute Gasteiger partial charge is 0.437 e. The maximum atomic E-state index is 8.65. The van der Waals surface area contributed by atoms with Gasteiger partial charge >= 0.3 is 0 Å². The first-order valence-corrected chi connectivity index (χ1v) is 13.8. The third-order valence-electron chi connectivity index (χ3n) is 7.67. The third kappa shape index (κ3) is 4.14. The molecule has 0 saturated carbocycles. The highest BCUT2D eigenvalue weighted by molar-refractivity contribution is 6.14. The molecule has 196 valence electrons. The van der Waals surface area contributed by atoms with Crippen LogP contribution in [0.25, 0.3) is 66.1 Å². The summed E-state index contributed by atoms with van der Waals surface area (Å²) in [6.45, 7) is 7.93. The number of hydrogen-bond acceptors (Lipinski definition) is 2. The molecule has 0 atom stereocenters. The van der Waals surface area contributed by atoms with Crippen molar-refractivity contribution in [3.05, 3.63) is 108 Å². The maximum Gasteiger partial charge on any atom is 0.227 e. The smallest absolute Gasteiger partial charge is 0.227 e. The minimum Gasteiger partial charge on any atom is -0.437 e. The zero-order valence-corrected chi connectivity index (χ0v) is 23.5. The van der Waals surface area contributed by atoms with Gasteiger partial charge in [-0.1, -0.05) is 93.6 Å². The molecule has 0 radical (unpaired) electrons. The fraction of sp³-hybridized carbons (Fsp3) is 0.189. The van der Waals surface area contributed by atoms with Crippen LogP contribution in [-0.2, 0) is 13.4 Å². The summed E-state index contributed by atoms with van der Waals surface area (Å²) in [5.74, 6) is 0. The highest BCUT2D eigenvalue weighted by Crippen LogP contribution is 2.39. The van der Waals surface area contributed by atoms with Gasteiger partial charge in [-0.15, -0.1) is 0 Å². The molecular weight excluding hydrogens is 488 g/mol. The number of aromatic nitrogens is 2. The number of nitrogens with zero attached hydrogens (tertiary/aromatic N) is 2. The van der Waals surface area contributed by atoms with Crippen LogP contribution in [0.5, 0.6) is 0 Å². The summed E-state index contributed by atoms with van der Waals surface area (Å²) in [6.07, 6.45) is 0.644. The number of hydrogen-bond donors (Lipinski definition) is 0. The fourth-order valence-corrected chi connectivity index (χ4v) is 5.75. The normalized spacial score (nSPS) is 13.3. The summed E-state index contributed by atoms with van der Waals surface area (Å²) in [5.41, 5.74) is 7.93. The van der Waals surface area contributed by atoms with Gasteiger partial charge in [0.15, 0.2) is 11.8 Å². The van der Waals surface area contributed by atoms with E-state index in [9.17, 15) is 0 Å². The molecule has 0 spiro atoms. The molecule has 0 N–H and O–H groups in total. The number of furan rings is 1. The quantitative estimate of drug-likeness (QED) is 0.171. The van der Waals surface area contributed by atoms with Gasteiger partial charge in [0, 0.05) is 36.4 Å². The second-order valence-corrected chi connectivity index (χ2v) is 11.8. The van der Waals surface area contributed by atoms with Crippen molar-refractivity contribution < 1.29 is 11.7 Å². The van der Waals surface area contributed by atoms with E-state index < -0.39 is 11.8 Å². The van der Waals surface area contributed by atoms with E-state index in [4.69, 9.17) is 12.1 Å². The van der Waals surface area contributed by atoms with E-state index in [1.165, 1.54) is 0 Å². The first kappa shape index (κ1) is 22.3. The second-order valence-electron chi connectivity index (χ2n) is 11.8. The number of fused-ring (bicyclic) bond motifs is 6. The van der Waals surface area contributed by atoms with Crippen molar-refractivity contribution in [2.75, 3.05) is 0 Å². The molecule has 0 saturated heterocycles. The van der Waals surface area contributed by atoms with E-state index in [0.29, 0.717) is 11.3 Å². The molecular formula is C37H33N2O+. The number of rotatable bonds is 3. The van der Waals surface area contributed by atoms with Crippen molar-refractivity contribution in [2.24, 2.45) is 12.5 Å². The molecule has 0 aliphatic carbocycles. The highest BCUT2D eigenvalue weighted by atomic mass is 16.3. The lowest BCUT2D eigenvalue weighted by Gasteiger charge is -2.18. The second kappa shape index (κ2) is 9.02. The van der Waals surface area contributed by atoms with Crippen LogP contribution >= 0.6 is 0 Å². The van der Waals surface area contributed by atoms with E-state index in [1.807, 2.05) is 45.0 Å². The average Bonchev–Trinajstić information content (AvgIpc) is 3.33. The van der Waals surface area contributed by atoms with Crippen molar-refractivity contribution >= 4 is 43.7 Å². The molecule has 0 aliphatic rings. The van der Waals surface area contributed by atoms with E-state index in [1.54, 1.807) is 0 Å². The Morgan fingerprint density at radius 1 is 0.800 bits per heavy atom. The lowest BCUT2D eigenvalue weighted by molar-refractivity contribution is -0.660. The summed E-state index contributed by atoms with van der Waals surface area (Å²) in [5, 5.41) is 5.44. The van der Waals surface area contributed by atoms with Gasteiger partial charge in [0.25, 0.3) is 0 Å². The Labute approximate surface area is 237 Å². The Morgan fingerprint density at radius 3 is 2.38 bits per heavy atom. The molecule has 0 unspecified atom stereocenters. The first-order chi connectivity index (χ1) is 20.0. The van der Waals surface area contributed by atoms with Gasteiger partial charge in [-0.25, -0.2) is 9.55 Å². The van der Waals surface area contributed by atoms with Crippen LogP contribution in [0.1, 0.15) is 34.6 Å². The predicted octanol–water partition coefficient (Wildman–Crippen LogP) is 9.34. The monoisotopic (exact) mass is 523 g/mol. The van der Waals surface area contributed by atoms with Crippen molar-refractivity contribution in [3.63, 3.8) is 0 Å². The van der Waals surface area contributed by atoms with Gasteiger partial charge in [0.05, 0.1) is 11.1 Å². The topological polar surface area (TPSA) is 29.9 Å². The van der Waals surface area contributed by atoms with Crippen molar-refractivity contribution in [1.29, 1.82) is 0 Å². The van der Waals surface area contributed by atoms with E-state index >= 15 is 0 Å². The Balaban J connectivity index is 1.39. The summed E-state index contributed by atoms with van der Waals surface area (Å²) in [4.78, 5) is 5.04. The fourth-order valence-electron chi connectivity index (χ4n) is 5.75. The minimum absolute atomic E-state index is 0.501. The molecule has 7 aromatic rings. The Kier molecular flexibility index (Phi) is 5.04. The van der Waals surface area contributed by atoms with E-state index in [0.717, 1.165) is 66.0 Å². The highest BCUT2D eigenvalue weighted by Gasteiger charge is 2.22. The molecule has 0 aliphatic heterocycles. The maximum absolute atomic E-state index is 8.65. The standard InChI is InChI=1S/C37H33N2O/c1-23-10-17-30-31-20-28-16-15-26-8-6-7-9-29(26)34(28)38-36(31)40-35(30)33(23)32-21-27(18-19-39(32)5)25-13-11-24(12-14-25)22-37(2,3)4/h6-21H,22H2,1-5H3/q+1/i22D2. The van der Waals surface area contributed by atoms with Crippen LogP contribution in [0, 0.1) is 12.3 Å². The lowest BCUT2D eigenvalue weighted by atomic mass is 9.87. The van der Waals surface area contributed by atoms with Gasteiger partial charge in [0.2, 0.25) is 11.4 Å². The summed E-state index contributed by atoms with van der Waals surface area (Å²) in [7, 11) is 2.06. The zero-order chi connectivity index (χ0) is 29.4. The lowest BCUT2D eigenvalue weighted by Crippen LogP contribution is -2.30. The van der Waals surface area contributed by atoms with Gasteiger partial charge in [-0.3, -0.25) is 0 Å². The number of aryl methyl sites for hydroxylation is 2. The molecule has 3 nitrogen and oxygen atoms in total. The van der Waals surface area contributed by atoms with Crippen LogP contribution in [0.3, 0.4) is 0 Å². The predicted molar refractivity (Wildman–Crippen MR) is 166 cm³/mol. The van der Waals surface area contributed by atoms with Crippen molar-refractivity contribution in [2.45, 2.75) is 34.1 Å². The van der Waals surface area contributed by atoms with Crippen LogP contribution in [0.15, 0.2) is 102 Å². The van der Waals surface area contributed by atoms with Crippen LogP contribution in [-0.4, -0.2) is 4.98 Å². The molecule has 0 bridgehead atoms. The molecule has 7 rings (SSSR count). The molecule has 3 aromatic heterocycles. The molecule has 3 heterocycles. The van der Waals surface area contributed by atoms with E-state index in [-0.39, 0.29) is 0 Å². The summed E-state index contributed by atoms with van der Waals surface area (Å²) < 4.78 is 26.0. The first-order valence-electron chi connectivity index (χ1n) is 14.8. The van der Waals surface area contributed by atoms with Gasteiger partial charge in [0.1, 0.15) is 7.05 Å².